The Kier molecular flexibility index (Phi) is 19.9. The smallest absolute Gasteiger partial charge is 0.245 e. The molecule has 0 radical (unpaired) electrons. The van der Waals surface area contributed by atoms with Gasteiger partial charge in [-0.1, -0.05) is 39.8 Å². The number of rotatable bonds is 12. The quantitative estimate of drug-likeness (QED) is 0.329. The number of hydrogen-bond acceptors (Lipinski definition) is 4. The van der Waals surface area contributed by atoms with Gasteiger partial charge in [-0.05, 0) is 25.0 Å². The maximum absolute atomic E-state index is 10.5. The first-order chi connectivity index (χ1) is 10.6. The molecule has 0 saturated heterocycles. The molecule has 0 saturated carbocycles. The van der Waals surface area contributed by atoms with E-state index in [0.717, 1.165) is 25.7 Å². The highest BCUT2D eigenvalue weighted by molar-refractivity contribution is 5.86. The molecule has 0 aromatic rings. The lowest BCUT2D eigenvalue weighted by Gasteiger charge is -2.02. The topological polar surface area (TPSA) is 76.7 Å². The van der Waals surface area contributed by atoms with Gasteiger partial charge < -0.3 is 20.1 Å². The van der Waals surface area contributed by atoms with Gasteiger partial charge in [-0.2, -0.15) is 0 Å². The fourth-order valence-corrected chi connectivity index (χ4v) is 1.03. The first-order valence-corrected chi connectivity index (χ1v) is 7.58. The van der Waals surface area contributed by atoms with E-state index in [4.69, 9.17) is 9.47 Å². The van der Waals surface area contributed by atoms with Crippen LogP contribution in [-0.2, 0) is 19.1 Å². The van der Waals surface area contributed by atoms with Gasteiger partial charge in [-0.3, -0.25) is 9.59 Å². The summed E-state index contributed by atoms with van der Waals surface area (Å²) in [6.45, 7) is 12.8. The molecule has 22 heavy (non-hydrogen) atoms. The standard InChI is InChI=1S/2C8H15NO2/c2*1-3-5-6-11-7-9-8(10)4-2/h2*4H,2-3,5-7H2,1H3,(H,9,10). The average molecular weight is 314 g/mol. The minimum absolute atomic E-state index is 0.193. The van der Waals surface area contributed by atoms with Crippen LogP contribution in [0.4, 0.5) is 0 Å². The van der Waals surface area contributed by atoms with Crippen LogP contribution >= 0.6 is 0 Å². The van der Waals surface area contributed by atoms with Gasteiger partial charge in [0.2, 0.25) is 11.8 Å². The molecule has 2 N–H and O–H groups in total. The second-order valence-electron chi connectivity index (χ2n) is 4.30. The zero-order valence-electron chi connectivity index (χ0n) is 13.9. The highest BCUT2D eigenvalue weighted by Crippen LogP contribution is 1.86. The summed E-state index contributed by atoms with van der Waals surface area (Å²) in [5.41, 5.74) is 0. The van der Waals surface area contributed by atoms with Crippen LogP contribution in [0.25, 0.3) is 0 Å². The second kappa shape index (κ2) is 19.3. The van der Waals surface area contributed by atoms with Crippen LogP contribution in [0.15, 0.2) is 25.3 Å². The van der Waals surface area contributed by atoms with Crippen molar-refractivity contribution < 1.29 is 19.1 Å². The van der Waals surface area contributed by atoms with E-state index in [9.17, 15) is 9.59 Å². The molecular formula is C16H30N2O4. The Balaban J connectivity index is 0. The molecular weight excluding hydrogens is 284 g/mol. The molecule has 0 fully saturated rings. The summed E-state index contributed by atoms with van der Waals surface area (Å²) in [7, 11) is 0. The molecule has 0 heterocycles. The lowest BCUT2D eigenvalue weighted by Crippen LogP contribution is -2.24. The van der Waals surface area contributed by atoms with Crippen molar-refractivity contribution in [2.75, 3.05) is 26.7 Å². The van der Waals surface area contributed by atoms with Gasteiger partial charge in [0.25, 0.3) is 0 Å². The minimum Gasteiger partial charge on any atom is -0.361 e. The Morgan fingerprint density at radius 1 is 0.864 bits per heavy atom. The first kappa shape index (κ1) is 22.6. The predicted molar refractivity (Wildman–Crippen MR) is 88.1 cm³/mol. The van der Waals surface area contributed by atoms with Gasteiger partial charge in [0.15, 0.2) is 0 Å². The molecule has 0 atom stereocenters. The fourth-order valence-electron chi connectivity index (χ4n) is 1.03. The maximum atomic E-state index is 10.5. The van der Waals surface area contributed by atoms with Gasteiger partial charge in [0, 0.05) is 13.2 Å². The molecule has 0 aliphatic heterocycles. The van der Waals surface area contributed by atoms with Gasteiger partial charge in [0.1, 0.15) is 13.5 Å². The van der Waals surface area contributed by atoms with Crippen molar-refractivity contribution in [2.45, 2.75) is 39.5 Å². The molecule has 0 aliphatic carbocycles. The van der Waals surface area contributed by atoms with Crippen LogP contribution in [0.3, 0.4) is 0 Å². The van der Waals surface area contributed by atoms with Crippen molar-refractivity contribution in [2.24, 2.45) is 0 Å². The second-order valence-corrected chi connectivity index (χ2v) is 4.30. The summed E-state index contributed by atoms with van der Waals surface area (Å²) in [6.07, 6.45) is 6.73. The fraction of sp³-hybridized carbons (Fsp3) is 0.625. The molecule has 0 aromatic carbocycles. The van der Waals surface area contributed by atoms with Gasteiger partial charge in [-0.25, -0.2) is 0 Å². The molecule has 6 heteroatoms. The number of nitrogens with one attached hydrogen (secondary N) is 2. The van der Waals surface area contributed by atoms with Crippen molar-refractivity contribution in [1.29, 1.82) is 0 Å². The normalized spacial score (nSPS) is 9.18. The number of hydrogen-bond donors (Lipinski definition) is 2. The molecule has 0 rings (SSSR count). The molecule has 0 unspecified atom stereocenters. The molecule has 0 aliphatic rings. The SMILES string of the molecule is C=CC(=O)NCOCCCC.C=CC(=O)NCOCCCC. The zero-order chi connectivity index (χ0) is 17.1. The number of carbonyl (C=O) groups is 2. The van der Waals surface area contributed by atoms with Gasteiger partial charge in [0.05, 0.1) is 0 Å². The number of carbonyl (C=O) groups excluding carboxylic acids is 2. The number of amides is 2. The number of unbranched alkanes of at least 4 members (excludes halogenated alkanes) is 2. The third-order valence-electron chi connectivity index (χ3n) is 2.35. The summed E-state index contributed by atoms with van der Waals surface area (Å²) in [4.78, 5) is 21.1. The van der Waals surface area contributed by atoms with E-state index >= 15 is 0 Å². The van der Waals surface area contributed by atoms with Crippen molar-refractivity contribution in [3.05, 3.63) is 25.3 Å². The molecule has 6 nitrogen and oxygen atoms in total. The van der Waals surface area contributed by atoms with Crippen molar-refractivity contribution in [3.8, 4) is 0 Å². The van der Waals surface area contributed by atoms with Crippen molar-refractivity contribution >= 4 is 11.8 Å². The Morgan fingerprint density at radius 3 is 1.50 bits per heavy atom. The first-order valence-electron chi connectivity index (χ1n) is 7.58. The van der Waals surface area contributed by atoms with Crippen molar-refractivity contribution in [3.63, 3.8) is 0 Å². The molecule has 0 bridgehead atoms. The molecule has 0 aromatic heterocycles. The van der Waals surface area contributed by atoms with Gasteiger partial charge in [-0.15, -0.1) is 0 Å². The summed E-state index contributed by atoms with van der Waals surface area (Å²) in [5, 5.41) is 5.02. The average Bonchev–Trinajstić information content (AvgIpc) is 2.54. The Hall–Kier alpha value is -1.66. The third-order valence-corrected chi connectivity index (χ3v) is 2.35. The monoisotopic (exact) mass is 314 g/mol. The minimum atomic E-state index is -0.193. The van der Waals surface area contributed by atoms with E-state index in [1.165, 1.54) is 12.2 Å². The van der Waals surface area contributed by atoms with Gasteiger partial charge >= 0.3 is 0 Å². The number of ether oxygens (including phenoxy) is 2. The lowest BCUT2D eigenvalue weighted by atomic mass is 10.4. The van der Waals surface area contributed by atoms with Crippen LogP contribution in [0, 0.1) is 0 Å². The molecule has 0 spiro atoms. The Morgan fingerprint density at radius 2 is 1.23 bits per heavy atom. The van der Waals surface area contributed by atoms with E-state index in [-0.39, 0.29) is 25.3 Å². The summed E-state index contributed by atoms with van der Waals surface area (Å²) in [6, 6.07) is 0. The van der Waals surface area contributed by atoms with Crippen molar-refractivity contribution in [1.82, 2.24) is 10.6 Å². The molecule has 2 amide bonds. The van der Waals surface area contributed by atoms with E-state index < -0.39 is 0 Å². The van der Waals surface area contributed by atoms with E-state index in [1.807, 2.05) is 0 Å². The van der Waals surface area contributed by atoms with Crippen LogP contribution in [0.2, 0.25) is 0 Å². The molecule has 128 valence electrons. The van der Waals surface area contributed by atoms with E-state index in [2.05, 4.69) is 37.6 Å². The van der Waals surface area contributed by atoms with Crippen LogP contribution in [0.1, 0.15) is 39.5 Å². The summed E-state index contributed by atoms with van der Waals surface area (Å²) in [5.74, 6) is -0.386. The zero-order valence-corrected chi connectivity index (χ0v) is 13.9. The lowest BCUT2D eigenvalue weighted by molar-refractivity contribution is -0.119. The summed E-state index contributed by atoms with van der Waals surface area (Å²) < 4.78 is 10.1. The Labute approximate surface area is 133 Å². The van der Waals surface area contributed by atoms with Crippen LogP contribution in [-0.4, -0.2) is 38.5 Å². The summed E-state index contributed by atoms with van der Waals surface area (Å²) >= 11 is 0. The third kappa shape index (κ3) is 20.7. The van der Waals surface area contributed by atoms with E-state index in [0.29, 0.717) is 13.2 Å². The highest BCUT2D eigenvalue weighted by atomic mass is 16.5. The van der Waals surface area contributed by atoms with E-state index in [1.54, 1.807) is 0 Å². The predicted octanol–water partition coefficient (Wildman–Crippen LogP) is 2.13. The van der Waals surface area contributed by atoms with Crippen LogP contribution in [0.5, 0.6) is 0 Å². The Bertz CT molecular complexity index is 277. The highest BCUT2D eigenvalue weighted by Gasteiger charge is 1.91. The van der Waals surface area contributed by atoms with Crippen LogP contribution < -0.4 is 10.6 Å². The largest absolute Gasteiger partial charge is 0.361 e. The maximum Gasteiger partial charge on any atom is 0.245 e.